The molecule has 3 rings (SSSR count). The molecule has 0 spiro atoms. The number of carbonyl (C=O) groups excluding carboxylic acids is 2. The molecule has 2 aliphatic heterocycles. The second kappa shape index (κ2) is 7.76. The standard InChI is InChI=1S/C19H27N3O3/c1-3-15-6-4-5-11-21(15)19(24)20-14-12-18(23)22(13-14)16-7-9-17(25-2)10-8-16/h7-10,14-15H,3-6,11-13H2,1-2H3,(H,20,24)/t14-,15+/m1/s1. The van der Waals surface area contributed by atoms with Crippen LogP contribution in [0.25, 0.3) is 0 Å². The summed E-state index contributed by atoms with van der Waals surface area (Å²) < 4.78 is 5.15. The molecule has 2 atom stereocenters. The van der Waals surface area contributed by atoms with Crippen molar-refractivity contribution in [2.24, 2.45) is 0 Å². The molecular formula is C19H27N3O3. The van der Waals surface area contributed by atoms with Crippen molar-refractivity contribution in [3.05, 3.63) is 24.3 Å². The predicted molar refractivity (Wildman–Crippen MR) is 96.9 cm³/mol. The summed E-state index contributed by atoms with van der Waals surface area (Å²) in [6.07, 6.45) is 4.66. The van der Waals surface area contributed by atoms with Crippen molar-refractivity contribution in [1.82, 2.24) is 10.2 Å². The second-order valence-electron chi connectivity index (χ2n) is 6.80. The Morgan fingerprint density at radius 2 is 2.04 bits per heavy atom. The number of methoxy groups -OCH3 is 1. The van der Waals surface area contributed by atoms with Crippen LogP contribution in [0.15, 0.2) is 24.3 Å². The molecule has 2 heterocycles. The molecule has 3 amide bonds. The van der Waals surface area contributed by atoms with Gasteiger partial charge in [0.25, 0.3) is 0 Å². The van der Waals surface area contributed by atoms with Crippen LogP contribution in [0.5, 0.6) is 5.75 Å². The molecule has 0 aromatic heterocycles. The lowest BCUT2D eigenvalue weighted by molar-refractivity contribution is -0.117. The highest BCUT2D eigenvalue weighted by Crippen LogP contribution is 2.25. The zero-order valence-corrected chi connectivity index (χ0v) is 15.0. The Kier molecular flexibility index (Phi) is 5.46. The fraction of sp³-hybridized carbons (Fsp3) is 0.579. The first-order valence-corrected chi connectivity index (χ1v) is 9.14. The van der Waals surface area contributed by atoms with Gasteiger partial charge in [0.2, 0.25) is 5.91 Å². The smallest absolute Gasteiger partial charge is 0.317 e. The number of carbonyl (C=O) groups is 2. The molecule has 0 bridgehead atoms. The van der Waals surface area contributed by atoms with Crippen molar-refractivity contribution in [1.29, 1.82) is 0 Å². The molecule has 1 aromatic carbocycles. The Morgan fingerprint density at radius 1 is 1.28 bits per heavy atom. The van der Waals surface area contributed by atoms with E-state index in [0.717, 1.165) is 37.2 Å². The first kappa shape index (κ1) is 17.6. The minimum atomic E-state index is -0.137. The summed E-state index contributed by atoms with van der Waals surface area (Å²) in [7, 11) is 1.62. The fourth-order valence-electron chi connectivity index (χ4n) is 3.77. The number of anilines is 1. The highest BCUT2D eigenvalue weighted by molar-refractivity contribution is 5.96. The van der Waals surface area contributed by atoms with Crippen LogP contribution in [0.3, 0.4) is 0 Å². The largest absolute Gasteiger partial charge is 0.497 e. The van der Waals surface area contributed by atoms with Gasteiger partial charge in [-0.25, -0.2) is 4.79 Å². The van der Waals surface area contributed by atoms with E-state index in [2.05, 4.69) is 12.2 Å². The Balaban J connectivity index is 1.61. The number of amides is 3. The molecule has 25 heavy (non-hydrogen) atoms. The number of benzene rings is 1. The van der Waals surface area contributed by atoms with E-state index >= 15 is 0 Å². The van der Waals surface area contributed by atoms with Crippen LogP contribution in [0.4, 0.5) is 10.5 Å². The molecule has 0 aliphatic carbocycles. The topological polar surface area (TPSA) is 61.9 Å². The van der Waals surface area contributed by atoms with E-state index in [1.807, 2.05) is 29.2 Å². The molecule has 6 nitrogen and oxygen atoms in total. The molecule has 2 saturated heterocycles. The Bertz CT molecular complexity index is 617. The number of ether oxygens (including phenoxy) is 1. The van der Waals surface area contributed by atoms with Gasteiger partial charge in [-0.2, -0.15) is 0 Å². The van der Waals surface area contributed by atoms with E-state index < -0.39 is 0 Å². The van der Waals surface area contributed by atoms with Gasteiger partial charge >= 0.3 is 6.03 Å². The van der Waals surface area contributed by atoms with E-state index in [0.29, 0.717) is 19.0 Å². The van der Waals surface area contributed by atoms with Crippen LogP contribution in [-0.4, -0.2) is 49.1 Å². The number of likely N-dealkylation sites (tertiary alicyclic amines) is 1. The minimum absolute atomic E-state index is 0.0269. The minimum Gasteiger partial charge on any atom is -0.497 e. The van der Waals surface area contributed by atoms with Crippen LogP contribution in [-0.2, 0) is 4.79 Å². The summed E-state index contributed by atoms with van der Waals surface area (Å²) in [6.45, 7) is 3.45. The quantitative estimate of drug-likeness (QED) is 0.913. The van der Waals surface area contributed by atoms with Crippen molar-refractivity contribution in [2.75, 3.05) is 25.1 Å². The van der Waals surface area contributed by atoms with Gasteiger partial charge in [0.1, 0.15) is 5.75 Å². The maximum Gasteiger partial charge on any atom is 0.317 e. The summed E-state index contributed by atoms with van der Waals surface area (Å²) in [6, 6.07) is 7.59. The van der Waals surface area contributed by atoms with E-state index in [1.54, 1.807) is 12.0 Å². The summed E-state index contributed by atoms with van der Waals surface area (Å²) >= 11 is 0. The Hall–Kier alpha value is -2.24. The van der Waals surface area contributed by atoms with Gasteiger partial charge in [-0.05, 0) is 49.9 Å². The molecular weight excluding hydrogens is 318 g/mol. The van der Waals surface area contributed by atoms with E-state index in [9.17, 15) is 9.59 Å². The third-order valence-corrected chi connectivity index (χ3v) is 5.20. The maximum atomic E-state index is 12.6. The Morgan fingerprint density at radius 3 is 2.72 bits per heavy atom. The highest BCUT2D eigenvalue weighted by Gasteiger charge is 2.34. The number of urea groups is 1. The zero-order chi connectivity index (χ0) is 17.8. The lowest BCUT2D eigenvalue weighted by Gasteiger charge is -2.35. The van der Waals surface area contributed by atoms with E-state index in [-0.39, 0.29) is 18.0 Å². The molecule has 2 aliphatic rings. The normalized spacial score (nSPS) is 23.7. The van der Waals surface area contributed by atoms with Crippen molar-refractivity contribution >= 4 is 17.6 Å². The van der Waals surface area contributed by atoms with Crippen LogP contribution in [0, 0.1) is 0 Å². The van der Waals surface area contributed by atoms with Gasteiger partial charge in [-0.3, -0.25) is 4.79 Å². The SMILES string of the molecule is CC[C@H]1CCCCN1C(=O)N[C@@H]1CC(=O)N(c2ccc(OC)cc2)C1. The molecule has 1 aromatic rings. The van der Waals surface area contributed by atoms with Crippen LogP contribution in [0.1, 0.15) is 39.0 Å². The van der Waals surface area contributed by atoms with Gasteiger partial charge in [0.15, 0.2) is 0 Å². The summed E-state index contributed by atoms with van der Waals surface area (Å²) in [4.78, 5) is 28.7. The summed E-state index contributed by atoms with van der Waals surface area (Å²) in [5.41, 5.74) is 0.840. The lowest BCUT2D eigenvalue weighted by Crippen LogP contribution is -2.51. The van der Waals surface area contributed by atoms with Gasteiger partial charge < -0.3 is 19.9 Å². The first-order chi connectivity index (χ1) is 12.1. The summed E-state index contributed by atoms with van der Waals surface area (Å²) in [5, 5.41) is 3.07. The zero-order valence-electron chi connectivity index (χ0n) is 15.0. The predicted octanol–water partition coefficient (Wildman–Crippen LogP) is 2.77. The van der Waals surface area contributed by atoms with Crippen molar-refractivity contribution in [2.45, 2.75) is 51.1 Å². The first-order valence-electron chi connectivity index (χ1n) is 9.14. The third-order valence-electron chi connectivity index (χ3n) is 5.20. The number of hydrogen-bond acceptors (Lipinski definition) is 3. The van der Waals surface area contributed by atoms with Crippen LogP contribution < -0.4 is 15.0 Å². The lowest BCUT2D eigenvalue weighted by atomic mass is 10.0. The average Bonchev–Trinajstić information content (AvgIpc) is 3.01. The van der Waals surface area contributed by atoms with Crippen molar-refractivity contribution in [3.63, 3.8) is 0 Å². The molecule has 0 unspecified atom stereocenters. The second-order valence-corrected chi connectivity index (χ2v) is 6.80. The van der Waals surface area contributed by atoms with Crippen molar-refractivity contribution < 1.29 is 14.3 Å². The van der Waals surface area contributed by atoms with Crippen LogP contribution >= 0.6 is 0 Å². The average molecular weight is 345 g/mol. The van der Waals surface area contributed by atoms with Crippen molar-refractivity contribution in [3.8, 4) is 5.75 Å². The monoisotopic (exact) mass is 345 g/mol. The fourth-order valence-corrected chi connectivity index (χ4v) is 3.77. The number of piperidine rings is 1. The molecule has 136 valence electrons. The number of nitrogens with zero attached hydrogens (tertiary/aromatic N) is 2. The van der Waals surface area contributed by atoms with E-state index in [4.69, 9.17) is 4.74 Å². The number of rotatable bonds is 4. The van der Waals surface area contributed by atoms with Gasteiger partial charge in [0.05, 0.1) is 13.2 Å². The molecule has 6 heteroatoms. The third kappa shape index (κ3) is 3.89. The van der Waals surface area contributed by atoms with Gasteiger partial charge in [0, 0.05) is 31.2 Å². The molecule has 1 N–H and O–H groups in total. The van der Waals surface area contributed by atoms with E-state index in [1.165, 1.54) is 6.42 Å². The highest BCUT2D eigenvalue weighted by atomic mass is 16.5. The van der Waals surface area contributed by atoms with Crippen LogP contribution in [0.2, 0.25) is 0 Å². The summed E-state index contributed by atoms with van der Waals surface area (Å²) in [5.74, 6) is 0.803. The van der Waals surface area contributed by atoms with Gasteiger partial charge in [-0.15, -0.1) is 0 Å². The maximum absolute atomic E-state index is 12.6. The Labute approximate surface area is 149 Å². The number of hydrogen-bond donors (Lipinski definition) is 1. The molecule has 0 saturated carbocycles. The number of nitrogens with one attached hydrogen (secondary N) is 1. The molecule has 0 radical (unpaired) electrons. The van der Waals surface area contributed by atoms with Gasteiger partial charge in [-0.1, -0.05) is 6.92 Å². The molecule has 2 fully saturated rings.